The van der Waals surface area contributed by atoms with Gasteiger partial charge in [0.1, 0.15) is 11.5 Å². The SMILES string of the molecule is Cc1ccc([Si](Oc2c3ccccc3c(O[Si](c3ccc(C)cc3)(c3ccc(C)cc3)c3ccc(C)cc3)c3cc(C(C)(C)C)ccc23)(c2ccc(C)cc2)c2ccc(C)cc2)cc1. The quantitative estimate of drug-likeness (QED) is 0.0775. The first-order chi connectivity index (χ1) is 30.8. The van der Waals surface area contributed by atoms with Crippen molar-refractivity contribution in [2.45, 2.75) is 67.7 Å². The summed E-state index contributed by atoms with van der Waals surface area (Å²) in [7, 11) is -6.59. The van der Waals surface area contributed by atoms with Gasteiger partial charge in [-0.1, -0.05) is 236 Å². The summed E-state index contributed by atoms with van der Waals surface area (Å²) in [5.41, 5.74) is 8.42. The van der Waals surface area contributed by atoms with Gasteiger partial charge in [-0.2, -0.15) is 0 Å². The number of fused-ring (bicyclic) bond motifs is 2. The van der Waals surface area contributed by atoms with Crippen LogP contribution in [-0.2, 0) is 5.41 Å². The lowest BCUT2D eigenvalue weighted by Crippen LogP contribution is -2.71. The zero-order valence-corrected chi connectivity index (χ0v) is 40.7. The van der Waals surface area contributed by atoms with E-state index in [1.165, 1.54) is 70.1 Å². The number of rotatable bonds is 10. The van der Waals surface area contributed by atoms with Crippen molar-refractivity contribution in [3.05, 3.63) is 227 Å². The summed E-state index contributed by atoms with van der Waals surface area (Å²) in [4.78, 5) is 0. The first-order valence-electron chi connectivity index (χ1n) is 22.6. The highest BCUT2D eigenvalue weighted by Crippen LogP contribution is 2.46. The lowest BCUT2D eigenvalue weighted by Gasteiger charge is -2.37. The van der Waals surface area contributed by atoms with Crippen LogP contribution >= 0.6 is 0 Å². The zero-order chi connectivity index (χ0) is 44.8. The molecule has 0 unspecified atom stereocenters. The molecule has 0 N–H and O–H groups in total. The topological polar surface area (TPSA) is 18.5 Å². The standard InChI is InChI=1S/C60H58O2Si2/c1-41-14-27-48(28-15-41)63(49-29-16-42(2)17-30-49,50-31-18-43(3)19-32-50)61-58-54-12-10-11-13-55(54)59(57-40-47(60(7,8)9)26-39-56(57)58)62-64(51-33-20-44(4)21-34-51,52-35-22-45(5)23-36-52)53-37-24-46(6)25-38-53/h10-40H,1-9H3. The smallest absolute Gasteiger partial charge is 0.346 e. The highest BCUT2D eigenvalue weighted by Gasteiger charge is 2.47. The fraction of sp³-hybridized carbons (Fsp3) is 0.167. The summed E-state index contributed by atoms with van der Waals surface area (Å²) in [6.45, 7) is 19.8. The van der Waals surface area contributed by atoms with Crippen molar-refractivity contribution < 1.29 is 8.85 Å². The molecular formula is C60H58O2Si2. The largest absolute Gasteiger partial charge is 0.529 e. The molecule has 0 saturated carbocycles. The summed E-state index contributed by atoms with van der Waals surface area (Å²) in [5.74, 6) is 1.76. The number of benzene rings is 9. The fourth-order valence-corrected chi connectivity index (χ4v) is 16.8. The molecule has 64 heavy (non-hydrogen) atoms. The number of hydrogen-bond acceptors (Lipinski definition) is 2. The second-order valence-corrected chi connectivity index (χ2v) is 25.6. The summed E-state index contributed by atoms with van der Waals surface area (Å²) < 4.78 is 16.5. The van der Waals surface area contributed by atoms with Crippen molar-refractivity contribution in [3.8, 4) is 11.5 Å². The average molecular weight is 867 g/mol. The highest BCUT2D eigenvalue weighted by atomic mass is 28.4. The van der Waals surface area contributed by atoms with Gasteiger partial charge >= 0.3 is 16.6 Å². The van der Waals surface area contributed by atoms with Crippen LogP contribution in [0.5, 0.6) is 11.5 Å². The van der Waals surface area contributed by atoms with Gasteiger partial charge in [-0.25, -0.2) is 0 Å². The Bertz CT molecular complexity index is 2870. The van der Waals surface area contributed by atoms with E-state index >= 15 is 0 Å². The first-order valence-corrected chi connectivity index (χ1v) is 26.4. The summed E-state index contributed by atoms with van der Waals surface area (Å²) >= 11 is 0. The monoisotopic (exact) mass is 866 g/mol. The Morgan fingerprint density at radius 3 is 0.812 bits per heavy atom. The van der Waals surface area contributed by atoms with Gasteiger partial charge in [0.15, 0.2) is 0 Å². The van der Waals surface area contributed by atoms with Crippen molar-refractivity contribution in [1.29, 1.82) is 0 Å². The van der Waals surface area contributed by atoms with Gasteiger partial charge in [0.25, 0.3) is 0 Å². The molecule has 9 aromatic carbocycles. The maximum absolute atomic E-state index is 8.25. The van der Waals surface area contributed by atoms with E-state index in [9.17, 15) is 0 Å². The Morgan fingerprint density at radius 1 is 0.297 bits per heavy atom. The molecular weight excluding hydrogens is 809 g/mol. The van der Waals surface area contributed by atoms with Crippen LogP contribution in [0.15, 0.2) is 188 Å². The van der Waals surface area contributed by atoms with Gasteiger partial charge in [-0.15, -0.1) is 0 Å². The van der Waals surface area contributed by atoms with E-state index in [4.69, 9.17) is 8.85 Å². The van der Waals surface area contributed by atoms with Crippen LogP contribution in [0.4, 0.5) is 0 Å². The van der Waals surface area contributed by atoms with Crippen molar-refractivity contribution >= 4 is 69.3 Å². The minimum atomic E-state index is -3.30. The van der Waals surface area contributed by atoms with Crippen LogP contribution in [0, 0.1) is 41.5 Å². The van der Waals surface area contributed by atoms with E-state index in [-0.39, 0.29) is 5.41 Å². The Hall–Kier alpha value is -6.47. The first kappa shape index (κ1) is 42.8. The molecule has 0 amide bonds. The number of hydrogen-bond donors (Lipinski definition) is 0. The van der Waals surface area contributed by atoms with Gasteiger partial charge in [-0.05, 0) is 89.7 Å². The lowest BCUT2D eigenvalue weighted by molar-refractivity contribution is 0.578. The molecule has 9 aromatic rings. The molecule has 0 spiro atoms. The van der Waals surface area contributed by atoms with Crippen LogP contribution in [-0.4, -0.2) is 16.6 Å². The van der Waals surface area contributed by atoms with Crippen LogP contribution < -0.4 is 40.0 Å². The molecule has 0 heterocycles. The second kappa shape index (κ2) is 16.9. The maximum atomic E-state index is 8.25. The predicted octanol–water partition coefficient (Wildman–Crippen LogP) is 11.2. The third-order valence-corrected chi connectivity index (χ3v) is 20.9. The summed E-state index contributed by atoms with van der Waals surface area (Å²) in [5, 5.41) is 11.3. The van der Waals surface area contributed by atoms with Crippen molar-refractivity contribution in [2.24, 2.45) is 0 Å². The number of aryl methyl sites for hydroxylation is 6. The van der Waals surface area contributed by atoms with E-state index in [0.717, 1.165) is 33.0 Å². The fourth-order valence-electron chi connectivity index (χ4n) is 9.18. The molecule has 318 valence electrons. The molecule has 0 bridgehead atoms. The van der Waals surface area contributed by atoms with E-state index < -0.39 is 16.6 Å². The average Bonchev–Trinajstić information content (AvgIpc) is 3.29. The van der Waals surface area contributed by atoms with Crippen molar-refractivity contribution in [3.63, 3.8) is 0 Å². The Kier molecular flexibility index (Phi) is 11.3. The molecule has 4 heteroatoms. The van der Waals surface area contributed by atoms with E-state index in [0.29, 0.717) is 0 Å². The minimum Gasteiger partial charge on any atom is -0.529 e. The lowest BCUT2D eigenvalue weighted by atomic mass is 9.85. The maximum Gasteiger partial charge on any atom is 0.346 e. The Morgan fingerprint density at radius 2 is 0.547 bits per heavy atom. The molecule has 0 aliphatic rings. The molecule has 2 nitrogen and oxygen atoms in total. The minimum absolute atomic E-state index is 0.123. The summed E-state index contributed by atoms with van der Waals surface area (Å²) in [6.07, 6.45) is 0. The molecule has 0 saturated heterocycles. The molecule has 0 aliphatic heterocycles. The van der Waals surface area contributed by atoms with E-state index in [1.807, 2.05) is 0 Å². The Labute approximate surface area is 382 Å². The molecule has 0 radical (unpaired) electrons. The van der Waals surface area contributed by atoms with Crippen LogP contribution in [0.25, 0.3) is 21.5 Å². The van der Waals surface area contributed by atoms with Crippen LogP contribution in [0.1, 0.15) is 59.7 Å². The van der Waals surface area contributed by atoms with Gasteiger partial charge in [0.05, 0.1) is 0 Å². The zero-order valence-electron chi connectivity index (χ0n) is 38.7. The molecule has 9 rings (SSSR count). The highest BCUT2D eigenvalue weighted by molar-refractivity contribution is 7.08. The normalized spacial score (nSPS) is 12.1. The van der Waals surface area contributed by atoms with Crippen molar-refractivity contribution in [2.75, 3.05) is 0 Å². The van der Waals surface area contributed by atoms with E-state index in [2.05, 4.69) is 250 Å². The summed E-state index contributed by atoms with van der Waals surface area (Å²) in [6, 6.07) is 70.1. The van der Waals surface area contributed by atoms with Gasteiger partial charge in [0, 0.05) is 21.5 Å². The third-order valence-electron chi connectivity index (χ3n) is 13.1. The molecule has 0 atom stereocenters. The third kappa shape index (κ3) is 7.80. The van der Waals surface area contributed by atoms with Gasteiger partial charge in [0.2, 0.25) is 0 Å². The van der Waals surface area contributed by atoms with E-state index in [1.54, 1.807) is 0 Å². The molecule has 0 aromatic heterocycles. The molecule has 0 fully saturated rings. The van der Waals surface area contributed by atoms with Gasteiger partial charge in [-0.3, -0.25) is 0 Å². The van der Waals surface area contributed by atoms with Crippen molar-refractivity contribution in [1.82, 2.24) is 0 Å². The van der Waals surface area contributed by atoms with Crippen LogP contribution in [0.2, 0.25) is 0 Å². The second-order valence-electron chi connectivity index (χ2n) is 19.0. The predicted molar refractivity (Wildman–Crippen MR) is 278 cm³/mol. The molecule has 0 aliphatic carbocycles. The Balaban J connectivity index is 1.41. The van der Waals surface area contributed by atoms with Gasteiger partial charge < -0.3 is 8.85 Å². The van der Waals surface area contributed by atoms with Crippen LogP contribution in [0.3, 0.4) is 0 Å².